The Balaban J connectivity index is 2.52. The van der Waals surface area contributed by atoms with Crippen molar-refractivity contribution in [2.24, 2.45) is 0 Å². The number of ether oxygens (including phenoxy) is 2. The third kappa shape index (κ3) is 1.90. The summed E-state index contributed by atoms with van der Waals surface area (Å²) >= 11 is 3.48. The molecular weight excluding hydrogens is 274 g/mol. The standard InChI is InChI=1S/C10H12BrN3O2/c1-15-6-5-14-10-7(11)3-4-8(16-2)9(10)12-13-14/h3-4H,5-6H2,1-2H3. The van der Waals surface area contributed by atoms with Crippen LogP contribution in [-0.2, 0) is 11.3 Å². The zero-order valence-electron chi connectivity index (χ0n) is 9.11. The number of halogens is 1. The van der Waals surface area contributed by atoms with Gasteiger partial charge in [0.1, 0.15) is 11.3 Å². The average Bonchev–Trinajstić information content (AvgIpc) is 2.72. The summed E-state index contributed by atoms with van der Waals surface area (Å²) in [5.74, 6) is 0.724. The van der Waals surface area contributed by atoms with Gasteiger partial charge in [0, 0.05) is 11.6 Å². The maximum absolute atomic E-state index is 5.23. The fraction of sp³-hybridized carbons (Fsp3) is 0.400. The molecule has 0 atom stereocenters. The highest BCUT2D eigenvalue weighted by molar-refractivity contribution is 9.10. The van der Waals surface area contributed by atoms with Gasteiger partial charge in [0.05, 0.1) is 20.3 Å². The van der Waals surface area contributed by atoms with E-state index in [0.717, 1.165) is 21.3 Å². The van der Waals surface area contributed by atoms with Gasteiger partial charge >= 0.3 is 0 Å². The molecule has 0 saturated carbocycles. The zero-order valence-corrected chi connectivity index (χ0v) is 10.7. The summed E-state index contributed by atoms with van der Waals surface area (Å²) < 4.78 is 13.0. The molecule has 0 fully saturated rings. The Kier molecular flexibility index (Phi) is 3.40. The molecule has 0 aliphatic heterocycles. The molecular formula is C10H12BrN3O2. The molecule has 6 heteroatoms. The highest BCUT2D eigenvalue weighted by Gasteiger charge is 2.12. The summed E-state index contributed by atoms with van der Waals surface area (Å²) in [7, 11) is 3.28. The summed E-state index contributed by atoms with van der Waals surface area (Å²) in [4.78, 5) is 0. The summed E-state index contributed by atoms with van der Waals surface area (Å²) in [5, 5.41) is 8.18. The minimum Gasteiger partial charge on any atom is -0.494 e. The maximum atomic E-state index is 5.23. The minimum absolute atomic E-state index is 0.599. The van der Waals surface area contributed by atoms with Crippen molar-refractivity contribution in [3.8, 4) is 5.75 Å². The first-order valence-corrected chi connectivity index (χ1v) is 5.62. The van der Waals surface area contributed by atoms with Gasteiger partial charge in [-0.05, 0) is 28.1 Å². The van der Waals surface area contributed by atoms with Crippen LogP contribution in [0.4, 0.5) is 0 Å². The fourth-order valence-corrected chi connectivity index (χ4v) is 2.05. The Hall–Kier alpha value is -1.14. The smallest absolute Gasteiger partial charge is 0.156 e. The Morgan fingerprint density at radius 2 is 2.19 bits per heavy atom. The van der Waals surface area contributed by atoms with Crippen LogP contribution in [-0.4, -0.2) is 35.8 Å². The lowest BCUT2D eigenvalue weighted by Gasteiger charge is -2.04. The SMILES string of the molecule is COCCn1nnc2c(OC)ccc(Br)c21. The number of rotatable bonds is 4. The summed E-state index contributed by atoms with van der Waals surface area (Å²) in [6.07, 6.45) is 0. The largest absolute Gasteiger partial charge is 0.494 e. The van der Waals surface area contributed by atoms with E-state index in [1.165, 1.54) is 0 Å². The molecule has 2 aromatic rings. The van der Waals surface area contributed by atoms with Crippen molar-refractivity contribution in [2.45, 2.75) is 6.54 Å². The zero-order chi connectivity index (χ0) is 11.5. The molecule has 1 heterocycles. The molecule has 0 amide bonds. The van der Waals surface area contributed by atoms with E-state index in [-0.39, 0.29) is 0 Å². The molecule has 0 radical (unpaired) electrons. The van der Waals surface area contributed by atoms with E-state index >= 15 is 0 Å². The summed E-state index contributed by atoms with van der Waals surface area (Å²) in [6.45, 7) is 1.26. The third-order valence-corrected chi connectivity index (χ3v) is 2.94. The molecule has 2 rings (SSSR count). The van der Waals surface area contributed by atoms with E-state index in [1.54, 1.807) is 18.9 Å². The van der Waals surface area contributed by atoms with Gasteiger partial charge < -0.3 is 9.47 Å². The number of benzene rings is 1. The maximum Gasteiger partial charge on any atom is 0.156 e. The Morgan fingerprint density at radius 1 is 1.38 bits per heavy atom. The molecule has 0 N–H and O–H groups in total. The summed E-state index contributed by atoms with van der Waals surface area (Å²) in [5.41, 5.74) is 1.68. The number of fused-ring (bicyclic) bond motifs is 1. The van der Waals surface area contributed by atoms with Crippen LogP contribution >= 0.6 is 15.9 Å². The van der Waals surface area contributed by atoms with E-state index in [9.17, 15) is 0 Å². The van der Waals surface area contributed by atoms with Crippen molar-refractivity contribution in [3.05, 3.63) is 16.6 Å². The van der Waals surface area contributed by atoms with E-state index in [0.29, 0.717) is 13.2 Å². The normalized spacial score (nSPS) is 10.9. The van der Waals surface area contributed by atoms with Crippen LogP contribution in [0.1, 0.15) is 0 Å². The number of nitrogens with zero attached hydrogens (tertiary/aromatic N) is 3. The van der Waals surface area contributed by atoms with Gasteiger partial charge in [-0.1, -0.05) is 5.21 Å². The third-order valence-electron chi connectivity index (χ3n) is 2.30. The Morgan fingerprint density at radius 3 is 2.88 bits per heavy atom. The van der Waals surface area contributed by atoms with Crippen molar-refractivity contribution >= 4 is 27.0 Å². The highest BCUT2D eigenvalue weighted by Crippen LogP contribution is 2.29. The van der Waals surface area contributed by atoms with Crippen LogP contribution in [0.25, 0.3) is 11.0 Å². The highest BCUT2D eigenvalue weighted by atomic mass is 79.9. The number of methoxy groups -OCH3 is 2. The van der Waals surface area contributed by atoms with Crippen LogP contribution in [0.15, 0.2) is 16.6 Å². The van der Waals surface area contributed by atoms with Crippen molar-refractivity contribution in [1.29, 1.82) is 0 Å². The summed E-state index contributed by atoms with van der Waals surface area (Å²) in [6, 6.07) is 3.79. The van der Waals surface area contributed by atoms with E-state index in [2.05, 4.69) is 26.2 Å². The minimum atomic E-state index is 0.599. The topological polar surface area (TPSA) is 49.2 Å². The van der Waals surface area contributed by atoms with Gasteiger partial charge in [0.25, 0.3) is 0 Å². The van der Waals surface area contributed by atoms with Gasteiger partial charge in [0.15, 0.2) is 5.52 Å². The fourth-order valence-electron chi connectivity index (χ4n) is 1.52. The second-order valence-electron chi connectivity index (χ2n) is 3.25. The lowest BCUT2D eigenvalue weighted by Crippen LogP contribution is -2.06. The molecule has 1 aromatic carbocycles. The molecule has 16 heavy (non-hydrogen) atoms. The van der Waals surface area contributed by atoms with Crippen molar-refractivity contribution in [2.75, 3.05) is 20.8 Å². The molecule has 0 aliphatic rings. The second-order valence-corrected chi connectivity index (χ2v) is 4.11. The second kappa shape index (κ2) is 4.80. The molecule has 0 bridgehead atoms. The first-order chi connectivity index (χ1) is 7.77. The molecule has 0 aliphatic carbocycles. The van der Waals surface area contributed by atoms with Crippen LogP contribution in [0.3, 0.4) is 0 Å². The molecule has 0 spiro atoms. The number of hydrogen-bond donors (Lipinski definition) is 0. The molecule has 0 saturated heterocycles. The van der Waals surface area contributed by atoms with Crippen molar-refractivity contribution < 1.29 is 9.47 Å². The van der Waals surface area contributed by atoms with Crippen molar-refractivity contribution in [1.82, 2.24) is 15.0 Å². The number of aromatic nitrogens is 3. The van der Waals surface area contributed by atoms with Gasteiger partial charge in [0.2, 0.25) is 0 Å². The molecule has 86 valence electrons. The quantitative estimate of drug-likeness (QED) is 0.860. The van der Waals surface area contributed by atoms with Crippen molar-refractivity contribution in [3.63, 3.8) is 0 Å². The van der Waals surface area contributed by atoms with Crippen LogP contribution in [0.5, 0.6) is 5.75 Å². The van der Waals surface area contributed by atoms with Gasteiger partial charge in [-0.15, -0.1) is 5.10 Å². The average molecular weight is 286 g/mol. The lowest BCUT2D eigenvalue weighted by molar-refractivity contribution is 0.184. The number of hydrogen-bond acceptors (Lipinski definition) is 4. The van der Waals surface area contributed by atoms with Gasteiger partial charge in [-0.2, -0.15) is 0 Å². The Labute approximate surface area is 101 Å². The monoisotopic (exact) mass is 285 g/mol. The van der Waals surface area contributed by atoms with Crippen LogP contribution in [0, 0.1) is 0 Å². The van der Waals surface area contributed by atoms with E-state index in [1.807, 2.05) is 12.1 Å². The molecule has 1 aromatic heterocycles. The first kappa shape index (κ1) is 11.3. The van der Waals surface area contributed by atoms with E-state index in [4.69, 9.17) is 9.47 Å². The van der Waals surface area contributed by atoms with Crippen LogP contribution in [0.2, 0.25) is 0 Å². The Bertz CT molecular complexity index is 498. The van der Waals surface area contributed by atoms with E-state index < -0.39 is 0 Å². The predicted molar refractivity (Wildman–Crippen MR) is 63.7 cm³/mol. The predicted octanol–water partition coefficient (Wildman–Crippen LogP) is 1.85. The van der Waals surface area contributed by atoms with Gasteiger partial charge in [-0.25, -0.2) is 4.68 Å². The molecule has 5 nitrogen and oxygen atoms in total. The van der Waals surface area contributed by atoms with Gasteiger partial charge in [-0.3, -0.25) is 0 Å². The first-order valence-electron chi connectivity index (χ1n) is 4.82. The van der Waals surface area contributed by atoms with Crippen LogP contribution < -0.4 is 4.74 Å². The molecule has 0 unspecified atom stereocenters. The lowest BCUT2D eigenvalue weighted by atomic mass is 10.3.